The van der Waals surface area contributed by atoms with Crippen molar-refractivity contribution in [1.82, 2.24) is 20.0 Å². The average molecular weight is 276 g/mol. The van der Waals surface area contributed by atoms with Crippen molar-refractivity contribution in [1.29, 1.82) is 0 Å². The Morgan fingerprint density at radius 1 is 1.40 bits per heavy atom. The quantitative estimate of drug-likeness (QED) is 0.920. The van der Waals surface area contributed by atoms with Gasteiger partial charge in [0, 0.05) is 37.8 Å². The molecule has 1 saturated carbocycles. The molecule has 1 saturated heterocycles. The maximum Gasteiger partial charge on any atom is 0.0597 e. The van der Waals surface area contributed by atoms with Gasteiger partial charge in [0.15, 0.2) is 0 Å². The summed E-state index contributed by atoms with van der Waals surface area (Å²) in [6.07, 6.45) is 5.48. The first-order valence-electron chi connectivity index (χ1n) is 8.14. The Hall–Kier alpha value is -0.870. The molecule has 2 aliphatic rings. The van der Waals surface area contributed by atoms with Crippen molar-refractivity contribution < 1.29 is 0 Å². The Morgan fingerprint density at radius 2 is 2.15 bits per heavy atom. The molecule has 1 unspecified atom stereocenters. The fourth-order valence-electron chi connectivity index (χ4n) is 3.90. The van der Waals surface area contributed by atoms with E-state index in [2.05, 4.69) is 46.8 Å². The van der Waals surface area contributed by atoms with Gasteiger partial charge in [-0.3, -0.25) is 9.58 Å². The lowest BCUT2D eigenvalue weighted by Crippen LogP contribution is -2.62. The first-order chi connectivity index (χ1) is 9.62. The molecular formula is C16H28N4. The molecular weight excluding hydrogens is 248 g/mol. The summed E-state index contributed by atoms with van der Waals surface area (Å²) in [6.45, 7) is 10.9. The van der Waals surface area contributed by atoms with Gasteiger partial charge in [0.2, 0.25) is 0 Å². The zero-order valence-electron chi connectivity index (χ0n) is 13.2. The number of aromatic nitrogens is 2. The molecule has 0 aromatic carbocycles. The Balaban J connectivity index is 1.74. The summed E-state index contributed by atoms with van der Waals surface area (Å²) in [4.78, 5) is 2.66. The fraction of sp³-hybridized carbons (Fsp3) is 0.812. The third-order valence-electron chi connectivity index (χ3n) is 5.11. The molecule has 1 aliphatic heterocycles. The summed E-state index contributed by atoms with van der Waals surface area (Å²) in [6, 6.07) is 2.86. The highest BCUT2D eigenvalue weighted by atomic mass is 15.3. The second kappa shape index (κ2) is 5.49. The van der Waals surface area contributed by atoms with Crippen molar-refractivity contribution in [2.24, 2.45) is 0 Å². The molecule has 1 aromatic heterocycles. The number of piperazine rings is 1. The molecule has 1 aromatic rings. The van der Waals surface area contributed by atoms with Crippen LogP contribution in [0.2, 0.25) is 0 Å². The third-order valence-corrected chi connectivity index (χ3v) is 5.11. The molecule has 1 spiro atoms. The molecule has 0 bridgehead atoms. The number of nitrogens with zero attached hydrogens (tertiary/aromatic N) is 3. The molecule has 1 aliphatic carbocycles. The average Bonchev–Trinajstić information content (AvgIpc) is 3.01. The van der Waals surface area contributed by atoms with Crippen LogP contribution in [0, 0.1) is 6.92 Å². The Bertz CT molecular complexity index is 459. The Labute approximate surface area is 122 Å². The third kappa shape index (κ3) is 2.63. The molecule has 4 nitrogen and oxygen atoms in total. The van der Waals surface area contributed by atoms with E-state index in [1.54, 1.807) is 0 Å². The number of hydrogen-bond acceptors (Lipinski definition) is 3. The maximum atomic E-state index is 4.58. The van der Waals surface area contributed by atoms with Gasteiger partial charge < -0.3 is 5.32 Å². The minimum absolute atomic E-state index is 0.401. The molecule has 0 radical (unpaired) electrons. The smallest absolute Gasteiger partial charge is 0.0597 e. The van der Waals surface area contributed by atoms with E-state index in [4.69, 9.17) is 0 Å². The summed E-state index contributed by atoms with van der Waals surface area (Å²) in [7, 11) is 0. The molecule has 2 heterocycles. The number of aryl methyl sites for hydroxylation is 2. The lowest BCUT2D eigenvalue weighted by Gasteiger charge is -2.45. The fourth-order valence-corrected chi connectivity index (χ4v) is 3.90. The highest BCUT2D eigenvalue weighted by Crippen LogP contribution is 2.33. The first kappa shape index (κ1) is 14.1. The van der Waals surface area contributed by atoms with E-state index in [1.807, 2.05) is 0 Å². The second-order valence-electron chi connectivity index (χ2n) is 6.72. The predicted octanol–water partition coefficient (Wildman–Crippen LogP) is 2.32. The van der Waals surface area contributed by atoms with E-state index in [1.165, 1.54) is 37.9 Å². The van der Waals surface area contributed by atoms with E-state index in [0.29, 0.717) is 11.6 Å². The van der Waals surface area contributed by atoms with Crippen molar-refractivity contribution in [2.45, 2.75) is 71.1 Å². The van der Waals surface area contributed by atoms with E-state index in [-0.39, 0.29) is 0 Å². The van der Waals surface area contributed by atoms with Crippen molar-refractivity contribution >= 4 is 0 Å². The lowest BCUT2D eigenvalue weighted by molar-refractivity contribution is 0.0802. The minimum atomic E-state index is 0.401. The molecule has 1 N–H and O–H groups in total. The van der Waals surface area contributed by atoms with Crippen molar-refractivity contribution in [2.75, 3.05) is 13.1 Å². The topological polar surface area (TPSA) is 33.1 Å². The van der Waals surface area contributed by atoms with Gasteiger partial charge >= 0.3 is 0 Å². The van der Waals surface area contributed by atoms with Crippen LogP contribution in [0.25, 0.3) is 0 Å². The zero-order chi connectivity index (χ0) is 14.2. The molecule has 20 heavy (non-hydrogen) atoms. The van der Waals surface area contributed by atoms with Crippen LogP contribution in [0.1, 0.15) is 50.9 Å². The van der Waals surface area contributed by atoms with E-state index in [0.717, 1.165) is 25.3 Å². The zero-order valence-corrected chi connectivity index (χ0v) is 13.2. The van der Waals surface area contributed by atoms with Gasteiger partial charge in [-0.25, -0.2) is 0 Å². The summed E-state index contributed by atoms with van der Waals surface area (Å²) in [5, 5.41) is 8.41. The number of hydrogen-bond donors (Lipinski definition) is 1. The van der Waals surface area contributed by atoms with Gasteiger partial charge in [-0.05, 0) is 39.7 Å². The maximum absolute atomic E-state index is 4.58. The van der Waals surface area contributed by atoms with Crippen LogP contribution >= 0.6 is 0 Å². The van der Waals surface area contributed by atoms with Crippen LogP contribution < -0.4 is 5.32 Å². The molecule has 4 heteroatoms. The van der Waals surface area contributed by atoms with Crippen molar-refractivity contribution in [3.05, 3.63) is 17.5 Å². The normalized spacial score (nSPS) is 26.4. The molecule has 2 fully saturated rings. The molecule has 112 valence electrons. The van der Waals surface area contributed by atoms with Crippen LogP contribution in [0.5, 0.6) is 0 Å². The number of nitrogens with one attached hydrogen (secondary N) is 1. The van der Waals surface area contributed by atoms with Crippen LogP contribution in [0.4, 0.5) is 0 Å². The van der Waals surface area contributed by atoms with Gasteiger partial charge in [-0.2, -0.15) is 5.10 Å². The van der Waals surface area contributed by atoms with E-state index in [9.17, 15) is 0 Å². The Kier molecular flexibility index (Phi) is 3.87. The standard InChI is InChI=1S/C16H28N4/c1-4-20-15(9-13(2)18-20)11-19-12-16(7-5-6-8-16)17-10-14(19)3/h9,14,17H,4-8,10-12H2,1-3H3. The van der Waals surface area contributed by atoms with Crippen LogP contribution in [0.15, 0.2) is 6.07 Å². The van der Waals surface area contributed by atoms with E-state index >= 15 is 0 Å². The van der Waals surface area contributed by atoms with Gasteiger partial charge in [0.05, 0.1) is 11.4 Å². The largest absolute Gasteiger partial charge is 0.308 e. The monoisotopic (exact) mass is 276 g/mol. The van der Waals surface area contributed by atoms with Crippen LogP contribution in [0.3, 0.4) is 0 Å². The van der Waals surface area contributed by atoms with Gasteiger partial charge in [-0.1, -0.05) is 12.8 Å². The van der Waals surface area contributed by atoms with Crippen LogP contribution in [-0.4, -0.2) is 39.4 Å². The molecule has 0 amide bonds. The van der Waals surface area contributed by atoms with Gasteiger partial charge in [-0.15, -0.1) is 0 Å². The van der Waals surface area contributed by atoms with Gasteiger partial charge in [0.25, 0.3) is 0 Å². The molecule has 1 atom stereocenters. The summed E-state index contributed by atoms with van der Waals surface area (Å²) >= 11 is 0. The highest BCUT2D eigenvalue weighted by molar-refractivity contribution is 5.10. The summed E-state index contributed by atoms with van der Waals surface area (Å²) in [5.41, 5.74) is 2.91. The first-order valence-corrected chi connectivity index (χ1v) is 8.14. The highest BCUT2D eigenvalue weighted by Gasteiger charge is 2.39. The lowest BCUT2D eigenvalue weighted by atomic mass is 9.92. The van der Waals surface area contributed by atoms with Crippen LogP contribution in [-0.2, 0) is 13.1 Å². The molecule has 3 rings (SSSR count). The predicted molar refractivity (Wildman–Crippen MR) is 81.7 cm³/mol. The van der Waals surface area contributed by atoms with Crippen molar-refractivity contribution in [3.63, 3.8) is 0 Å². The SMILES string of the molecule is CCn1nc(C)cc1CN1CC2(CCCC2)NCC1C. The van der Waals surface area contributed by atoms with E-state index < -0.39 is 0 Å². The van der Waals surface area contributed by atoms with Crippen molar-refractivity contribution in [3.8, 4) is 0 Å². The minimum Gasteiger partial charge on any atom is -0.308 e. The second-order valence-corrected chi connectivity index (χ2v) is 6.72. The summed E-state index contributed by atoms with van der Waals surface area (Å²) in [5.74, 6) is 0. The summed E-state index contributed by atoms with van der Waals surface area (Å²) < 4.78 is 2.16. The Morgan fingerprint density at radius 3 is 2.85 bits per heavy atom. The number of rotatable bonds is 3. The van der Waals surface area contributed by atoms with Gasteiger partial charge in [0.1, 0.15) is 0 Å².